The summed E-state index contributed by atoms with van der Waals surface area (Å²) < 4.78 is 5.53. The van der Waals surface area contributed by atoms with E-state index in [1.54, 1.807) is 54.6 Å². The minimum absolute atomic E-state index is 0.0489. The second kappa shape index (κ2) is 11.6. The number of nitrogens with zero attached hydrogens (tertiary/aromatic N) is 3. The first kappa shape index (κ1) is 25.1. The zero-order chi connectivity index (χ0) is 25.5. The van der Waals surface area contributed by atoms with E-state index in [4.69, 9.17) is 39.4 Å². The highest BCUT2D eigenvalue weighted by molar-refractivity contribution is 6.42. The zero-order valence-electron chi connectivity index (χ0n) is 18.9. The van der Waals surface area contributed by atoms with E-state index in [1.165, 1.54) is 0 Å². The smallest absolute Gasteiger partial charge is 0.313 e. The molecule has 5 N–H and O–H groups in total. The van der Waals surface area contributed by atoms with Crippen molar-refractivity contribution in [3.63, 3.8) is 0 Å². The maximum Gasteiger partial charge on any atom is 0.313 e. The van der Waals surface area contributed by atoms with Crippen molar-refractivity contribution >= 4 is 46.6 Å². The summed E-state index contributed by atoms with van der Waals surface area (Å²) in [4.78, 5) is 16.8. The molecule has 0 aliphatic carbocycles. The normalized spacial score (nSPS) is 12.1. The number of guanidine groups is 1. The van der Waals surface area contributed by atoms with Crippen LogP contribution in [0.1, 0.15) is 18.0 Å². The van der Waals surface area contributed by atoms with Crippen molar-refractivity contribution in [1.29, 1.82) is 0 Å². The van der Waals surface area contributed by atoms with Crippen LogP contribution in [0.15, 0.2) is 89.9 Å². The Hall–Kier alpha value is -3.98. The van der Waals surface area contributed by atoms with Crippen molar-refractivity contribution in [1.82, 2.24) is 10.2 Å². The number of benzene rings is 3. The molecule has 1 unspecified atom stereocenters. The molecule has 4 rings (SSSR count). The zero-order valence-corrected chi connectivity index (χ0v) is 20.4. The van der Waals surface area contributed by atoms with Crippen LogP contribution in [0.5, 0.6) is 5.75 Å². The van der Waals surface area contributed by atoms with Gasteiger partial charge in [-0.3, -0.25) is 4.79 Å². The van der Waals surface area contributed by atoms with Gasteiger partial charge in [-0.2, -0.15) is 4.99 Å². The Balaban J connectivity index is 1.41. The van der Waals surface area contributed by atoms with E-state index in [1.807, 2.05) is 30.3 Å². The van der Waals surface area contributed by atoms with E-state index in [0.29, 0.717) is 27.1 Å². The molecule has 0 aliphatic heterocycles. The van der Waals surface area contributed by atoms with Gasteiger partial charge in [-0.15, -0.1) is 10.2 Å². The van der Waals surface area contributed by atoms with Crippen molar-refractivity contribution < 1.29 is 9.53 Å². The molecule has 1 atom stereocenters. The van der Waals surface area contributed by atoms with Crippen molar-refractivity contribution in [2.75, 3.05) is 5.32 Å². The molecule has 0 bridgehead atoms. The Morgan fingerprint density at radius 1 is 0.944 bits per heavy atom. The van der Waals surface area contributed by atoms with Crippen LogP contribution in [-0.2, 0) is 4.79 Å². The van der Waals surface area contributed by atoms with Gasteiger partial charge in [0.2, 0.25) is 0 Å². The Morgan fingerprint density at radius 2 is 1.69 bits per heavy atom. The average molecular weight is 521 g/mol. The summed E-state index contributed by atoms with van der Waals surface area (Å²) in [6.07, 6.45) is -0.0702. The maximum absolute atomic E-state index is 12.6. The van der Waals surface area contributed by atoms with E-state index in [-0.39, 0.29) is 18.1 Å². The number of nitrogens with two attached hydrogens (primary N) is 2. The minimum atomic E-state index is -0.614. The van der Waals surface area contributed by atoms with Crippen LogP contribution >= 0.6 is 23.2 Å². The number of hydrogen-bond acceptors (Lipinski definition) is 6. The summed E-state index contributed by atoms with van der Waals surface area (Å²) in [6.45, 7) is 0. The number of rotatable bonds is 7. The molecule has 10 heteroatoms. The van der Waals surface area contributed by atoms with Gasteiger partial charge in [-0.1, -0.05) is 71.7 Å². The van der Waals surface area contributed by atoms with Gasteiger partial charge in [0.05, 0.1) is 27.8 Å². The summed E-state index contributed by atoms with van der Waals surface area (Å²) >= 11 is 12.0. The topological polar surface area (TPSA) is 129 Å². The number of carbonyl (C=O) groups is 1. The Kier molecular flexibility index (Phi) is 8.12. The van der Waals surface area contributed by atoms with Gasteiger partial charge in [0.15, 0.2) is 17.5 Å². The first-order valence-corrected chi connectivity index (χ1v) is 11.6. The van der Waals surface area contributed by atoms with E-state index in [2.05, 4.69) is 20.5 Å². The molecular formula is C26H22Cl2N6O2. The van der Waals surface area contributed by atoms with Gasteiger partial charge in [-0.25, -0.2) is 0 Å². The lowest BCUT2D eigenvalue weighted by Gasteiger charge is -2.14. The summed E-state index contributed by atoms with van der Waals surface area (Å²) in [6, 6.07) is 24.4. The van der Waals surface area contributed by atoms with Crippen LogP contribution in [0.3, 0.4) is 0 Å². The quantitative estimate of drug-likeness (QED) is 0.127. The first-order chi connectivity index (χ1) is 17.4. The van der Waals surface area contributed by atoms with Crippen molar-refractivity contribution in [2.45, 2.75) is 12.5 Å². The largest absolute Gasteiger partial charge is 0.424 e. The van der Waals surface area contributed by atoms with Crippen LogP contribution in [0.2, 0.25) is 10.0 Å². The summed E-state index contributed by atoms with van der Waals surface area (Å²) in [7, 11) is 0. The van der Waals surface area contributed by atoms with Gasteiger partial charge >= 0.3 is 5.97 Å². The molecule has 8 nitrogen and oxygen atoms in total. The molecule has 182 valence electrons. The number of nitrogens with one attached hydrogen (secondary N) is 1. The lowest BCUT2D eigenvalue weighted by molar-refractivity contribution is -0.134. The lowest BCUT2D eigenvalue weighted by atomic mass is 10.1. The lowest BCUT2D eigenvalue weighted by Crippen LogP contribution is -2.23. The number of aliphatic imine (C=N–C) groups is 1. The van der Waals surface area contributed by atoms with Gasteiger partial charge in [-0.05, 0) is 42.0 Å². The highest BCUT2D eigenvalue weighted by Crippen LogP contribution is 2.28. The molecule has 36 heavy (non-hydrogen) atoms. The number of halogens is 2. The number of para-hydroxylation sites is 2. The molecule has 0 amide bonds. The highest BCUT2D eigenvalue weighted by atomic mass is 35.5. The molecular weight excluding hydrogens is 499 g/mol. The van der Waals surface area contributed by atoms with Gasteiger partial charge in [0.25, 0.3) is 0 Å². The van der Waals surface area contributed by atoms with Gasteiger partial charge in [0.1, 0.15) is 0 Å². The monoisotopic (exact) mass is 520 g/mol. The fourth-order valence-corrected chi connectivity index (χ4v) is 3.61. The summed E-state index contributed by atoms with van der Waals surface area (Å²) in [5, 5.41) is 12.0. The van der Waals surface area contributed by atoms with Crippen LogP contribution < -0.4 is 21.5 Å². The molecule has 0 saturated carbocycles. The number of anilines is 1. The highest BCUT2D eigenvalue weighted by Gasteiger charge is 2.16. The number of aromatic nitrogens is 2. The van der Waals surface area contributed by atoms with Crippen LogP contribution in [0.4, 0.5) is 11.5 Å². The molecule has 0 spiro atoms. The molecule has 1 heterocycles. The number of esters is 1. The van der Waals surface area contributed by atoms with Gasteiger partial charge in [0, 0.05) is 11.6 Å². The minimum Gasteiger partial charge on any atom is -0.424 e. The van der Waals surface area contributed by atoms with Crippen molar-refractivity contribution in [2.24, 2.45) is 16.5 Å². The molecule has 1 aromatic heterocycles. The molecule has 0 saturated heterocycles. The fourth-order valence-electron chi connectivity index (χ4n) is 3.30. The summed E-state index contributed by atoms with van der Waals surface area (Å²) in [5.41, 5.74) is 15.0. The van der Waals surface area contributed by atoms with Crippen LogP contribution in [0.25, 0.3) is 11.3 Å². The van der Waals surface area contributed by atoms with Crippen molar-refractivity contribution in [3.05, 3.63) is 101 Å². The third kappa shape index (κ3) is 6.57. The average Bonchev–Trinajstić information content (AvgIpc) is 2.87. The molecule has 4 aromatic rings. The van der Waals surface area contributed by atoms with E-state index in [9.17, 15) is 4.79 Å². The second-order valence-corrected chi connectivity index (χ2v) is 8.53. The SMILES string of the molecule is NC(=Nc1ccc(-c2ccccc2)nn1)Nc1ccccc1OC(=O)CC(N)c1ccc(Cl)c(Cl)c1. The maximum atomic E-state index is 12.6. The third-order valence-corrected chi connectivity index (χ3v) is 5.83. The number of ether oxygens (including phenoxy) is 1. The second-order valence-electron chi connectivity index (χ2n) is 7.72. The Bertz CT molecular complexity index is 1380. The van der Waals surface area contributed by atoms with E-state index >= 15 is 0 Å². The molecule has 3 aromatic carbocycles. The first-order valence-electron chi connectivity index (χ1n) is 10.9. The van der Waals surface area contributed by atoms with E-state index in [0.717, 1.165) is 11.3 Å². The van der Waals surface area contributed by atoms with Crippen molar-refractivity contribution in [3.8, 4) is 17.0 Å². The Morgan fingerprint density at radius 3 is 2.42 bits per heavy atom. The van der Waals surface area contributed by atoms with E-state index < -0.39 is 12.0 Å². The van der Waals surface area contributed by atoms with Crippen LogP contribution in [0, 0.1) is 0 Å². The fraction of sp³-hybridized carbons (Fsp3) is 0.0769. The summed E-state index contributed by atoms with van der Waals surface area (Å²) in [5.74, 6) is 0.114. The standard InChI is InChI=1S/C26H22Cl2N6O2/c27-18-11-10-17(14-19(18)28)20(29)15-25(35)36-23-9-5-4-8-22(23)31-26(30)32-24-13-12-21(33-34-24)16-6-2-1-3-7-16/h1-14,20H,15,29H2,(H3,30,31,32,34). The Labute approximate surface area is 217 Å². The predicted octanol–water partition coefficient (Wildman–Crippen LogP) is 5.50. The third-order valence-electron chi connectivity index (χ3n) is 5.09. The predicted molar refractivity (Wildman–Crippen MR) is 142 cm³/mol. The number of hydrogen-bond donors (Lipinski definition) is 3. The molecule has 0 fully saturated rings. The molecule has 0 radical (unpaired) electrons. The van der Waals surface area contributed by atoms with Gasteiger partial charge < -0.3 is 21.5 Å². The van der Waals surface area contributed by atoms with Crippen LogP contribution in [-0.4, -0.2) is 22.1 Å². The molecule has 0 aliphatic rings. The number of carbonyl (C=O) groups excluding carboxylic acids is 1.